The van der Waals surface area contributed by atoms with Gasteiger partial charge in [0.15, 0.2) is 0 Å². The SMILES string of the molecule is CCCCCCC1(C)CC(=O)NC(=O)C1CC(C)C. The highest BCUT2D eigenvalue weighted by molar-refractivity contribution is 5.99. The second-order valence-electron chi connectivity index (χ2n) is 6.74. The van der Waals surface area contributed by atoms with Crippen LogP contribution in [0.5, 0.6) is 0 Å². The van der Waals surface area contributed by atoms with Crippen molar-refractivity contribution in [2.75, 3.05) is 0 Å². The fraction of sp³-hybridized carbons (Fsp3) is 0.875. The Labute approximate surface area is 117 Å². The van der Waals surface area contributed by atoms with E-state index in [1.807, 2.05) is 0 Å². The van der Waals surface area contributed by atoms with Crippen LogP contribution in [0.25, 0.3) is 0 Å². The first-order chi connectivity index (χ1) is 8.89. The quantitative estimate of drug-likeness (QED) is 0.565. The zero-order valence-corrected chi connectivity index (χ0v) is 12.9. The van der Waals surface area contributed by atoms with Gasteiger partial charge in [-0.3, -0.25) is 14.9 Å². The van der Waals surface area contributed by atoms with Crippen molar-refractivity contribution in [3.63, 3.8) is 0 Å². The lowest BCUT2D eigenvalue weighted by Gasteiger charge is -2.40. The van der Waals surface area contributed by atoms with Gasteiger partial charge in [0.25, 0.3) is 0 Å². The number of carbonyl (C=O) groups excluding carboxylic acids is 2. The summed E-state index contributed by atoms with van der Waals surface area (Å²) >= 11 is 0. The summed E-state index contributed by atoms with van der Waals surface area (Å²) in [6, 6.07) is 0. The molecule has 2 atom stereocenters. The van der Waals surface area contributed by atoms with Crippen molar-refractivity contribution in [3.8, 4) is 0 Å². The Morgan fingerprint density at radius 2 is 1.95 bits per heavy atom. The molecule has 2 amide bonds. The molecule has 1 aliphatic rings. The van der Waals surface area contributed by atoms with E-state index in [4.69, 9.17) is 0 Å². The van der Waals surface area contributed by atoms with Gasteiger partial charge in [-0.2, -0.15) is 0 Å². The Kier molecular flexibility index (Phi) is 6.02. The van der Waals surface area contributed by atoms with Crippen LogP contribution in [0.15, 0.2) is 0 Å². The van der Waals surface area contributed by atoms with Gasteiger partial charge in [-0.25, -0.2) is 0 Å². The lowest BCUT2D eigenvalue weighted by Crippen LogP contribution is -2.51. The number of hydrogen-bond acceptors (Lipinski definition) is 2. The molecule has 0 bridgehead atoms. The minimum atomic E-state index is -0.141. The molecule has 0 radical (unpaired) electrons. The molecule has 110 valence electrons. The van der Waals surface area contributed by atoms with E-state index in [0.717, 1.165) is 19.3 Å². The standard InChI is InChI=1S/C16H29NO2/c1-5-6-7-8-9-16(4)11-14(18)17-15(19)13(16)10-12(2)3/h12-13H,5-11H2,1-4H3,(H,17,18,19). The van der Waals surface area contributed by atoms with Crippen LogP contribution in [0.4, 0.5) is 0 Å². The monoisotopic (exact) mass is 267 g/mol. The third-order valence-corrected chi connectivity index (χ3v) is 4.29. The third kappa shape index (κ3) is 4.63. The fourth-order valence-corrected chi connectivity index (χ4v) is 3.16. The van der Waals surface area contributed by atoms with Crippen LogP contribution in [0.2, 0.25) is 0 Å². The zero-order valence-electron chi connectivity index (χ0n) is 12.9. The molecule has 1 fully saturated rings. The molecule has 0 aromatic carbocycles. The van der Waals surface area contributed by atoms with Gasteiger partial charge in [0.2, 0.25) is 11.8 Å². The molecule has 0 saturated carbocycles. The first-order valence-corrected chi connectivity index (χ1v) is 7.72. The topological polar surface area (TPSA) is 46.2 Å². The molecule has 2 unspecified atom stereocenters. The Bertz CT molecular complexity index is 325. The molecule has 1 saturated heterocycles. The van der Waals surface area contributed by atoms with Gasteiger partial charge >= 0.3 is 0 Å². The minimum absolute atomic E-state index is 0.00757. The Balaban J connectivity index is 2.70. The van der Waals surface area contributed by atoms with Gasteiger partial charge in [-0.15, -0.1) is 0 Å². The molecule has 0 aromatic heterocycles. The van der Waals surface area contributed by atoms with E-state index in [1.165, 1.54) is 19.3 Å². The summed E-state index contributed by atoms with van der Waals surface area (Å²) in [5, 5.41) is 2.51. The second kappa shape index (κ2) is 7.06. The maximum atomic E-state index is 12.1. The Morgan fingerprint density at radius 3 is 2.53 bits per heavy atom. The van der Waals surface area contributed by atoms with E-state index in [0.29, 0.717) is 12.3 Å². The molecule has 0 spiro atoms. The van der Waals surface area contributed by atoms with Gasteiger partial charge in [-0.05, 0) is 24.2 Å². The van der Waals surface area contributed by atoms with Gasteiger partial charge in [0, 0.05) is 12.3 Å². The van der Waals surface area contributed by atoms with Crippen LogP contribution in [0.1, 0.15) is 72.6 Å². The molecule has 1 rings (SSSR count). The lowest BCUT2D eigenvalue weighted by molar-refractivity contribution is -0.144. The summed E-state index contributed by atoms with van der Waals surface area (Å²) in [6.07, 6.45) is 7.15. The van der Waals surface area contributed by atoms with Crippen molar-refractivity contribution in [1.29, 1.82) is 0 Å². The lowest BCUT2D eigenvalue weighted by atomic mass is 9.66. The molecular formula is C16H29NO2. The predicted molar refractivity (Wildman–Crippen MR) is 77.6 cm³/mol. The third-order valence-electron chi connectivity index (χ3n) is 4.29. The molecule has 1 N–H and O–H groups in total. The smallest absolute Gasteiger partial charge is 0.230 e. The Morgan fingerprint density at radius 1 is 1.26 bits per heavy atom. The van der Waals surface area contributed by atoms with Gasteiger partial charge in [0.1, 0.15) is 0 Å². The number of imide groups is 1. The number of nitrogens with one attached hydrogen (secondary N) is 1. The largest absolute Gasteiger partial charge is 0.296 e. The van der Waals surface area contributed by atoms with E-state index in [9.17, 15) is 9.59 Å². The zero-order chi connectivity index (χ0) is 14.5. The van der Waals surface area contributed by atoms with Crippen molar-refractivity contribution < 1.29 is 9.59 Å². The van der Waals surface area contributed by atoms with Crippen molar-refractivity contribution in [2.24, 2.45) is 17.3 Å². The second-order valence-corrected chi connectivity index (χ2v) is 6.74. The highest BCUT2D eigenvalue weighted by Gasteiger charge is 2.44. The average molecular weight is 267 g/mol. The number of carbonyl (C=O) groups is 2. The summed E-state index contributed by atoms with van der Waals surface area (Å²) in [6.45, 7) is 8.60. The summed E-state index contributed by atoms with van der Waals surface area (Å²) in [4.78, 5) is 23.8. The average Bonchev–Trinajstić information content (AvgIpc) is 2.29. The van der Waals surface area contributed by atoms with Crippen molar-refractivity contribution in [3.05, 3.63) is 0 Å². The van der Waals surface area contributed by atoms with Crippen LogP contribution in [0.3, 0.4) is 0 Å². The van der Waals surface area contributed by atoms with E-state index in [2.05, 4.69) is 33.0 Å². The van der Waals surface area contributed by atoms with Crippen molar-refractivity contribution in [1.82, 2.24) is 5.32 Å². The fourth-order valence-electron chi connectivity index (χ4n) is 3.16. The minimum Gasteiger partial charge on any atom is -0.296 e. The normalized spacial score (nSPS) is 27.7. The predicted octanol–water partition coefficient (Wildman–Crippen LogP) is 3.67. The molecule has 3 heteroatoms. The summed E-state index contributed by atoms with van der Waals surface area (Å²) in [7, 11) is 0. The van der Waals surface area contributed by atoms with E-state index in [1.54, 1.807) is 0 Å². The van der Waals surface area contributed by atoms with E-state index < -0.39 is 0 Å². The van der Waals surface area contributed by atoms with Gasteiger partial charge in [0.05, 0.1) is 0 Å². The maximum absolute atomic E-state index is 12.1. The van der Waals surface area contributed by atoms with Crippen LogP contribution >= 0.6 is 0 Å². The first kappa shape index (κ1) is 16.2. The van der Waals surface area contributed by atoms with Crippen LogP contribution in [-0.4, -0.2) is 11.8 Å². The number of amides is 2. The number of piperidine rings is 1. The molecule has 1 heterocycles. The molecule has 1 aliphatic heterocycles. The molecule has 19 heavy (non-hydrogen) atoms. The number of rotatable bonds is 7. The Hall–Kier alpha value is -0.860. The van der Waals surface area contributed by atoms with Gasteiger partial charge in [-0.1, -0.05) is 53.4 Å². The molecule has 0 aromatic rings. The number of hydrogen-bond donors (Lipinski definition) is 1. The highest BCUT2D eigenvalue weighted by atomic mass is 16.2. The van der Waals surface area contributed by atoms with Crippen LogP contribution in [-0.2, 0) is 9.59 Å². The molecular weight excluding hydrogens is 238 g/mol. The summed E-state index contributed by atoms with van der Waals surface area (Å²) in [5.41, 5.74) is -0.141. The van der Waals surface area contributed by atoms with Crippen molar-refractivity contribution >= 4 is 11.8 Å². The van der Waals surface area contributed by atoms with E-state index >= 15 is 0 Å². The number of unbranched alkanes of at least 4 members (excludes halogenated alkanes) is 3. The molecule has 3 nitrogen and oxygen atoms in total. The van der Waals surface area contributed by atoms with Crippen LogP contribution < -0.4 is 5.32 Å². The van der Waals surface area contributed by atoms with E-state index in [-0.39, 0.29) is 23.1 Å². The molecule has 0 aliphatic carbocycles. The summed E-state index contributed by atoms with van der Waals surface area (Å²) in [5.74, 6) is 0.330. The van der Waals surface area contributed by atoms with Crippen molar-refractivity contribution in [2.45, 2.75) is 72.6 Å². The van der Waals surface area contributed by atoms with Gasteiger partial charge < -0.3 is 0 Å². The highest BCUT2D eigenvalue weighted by Crippen LogP contribution is 2.42. The van der Waals surface area contributed by atoms with Crippen LogP contribution in [0, 0.1) is 17.3 Å². The first-order valence-electron chi connectivity index (χ1n) is 7.72. The summed E-state index contributed by atoms with van der Waals surface area (Å²) < 4.78 is 0. The maximum Gasteiger partial charge on any atom is 0.230 e.